The molecule has 2 aromatic rings. The Hall–Kier alpha value is -2.51. The number of anilines is 2. The van der Waals surface area contributed by atoms with E-state index in [4.69, 9.17) is 16.3 Å². The van der Waals surface area contributed by atoms with Crippen LogP contribution in [0.3, 0.4) is 0 Å². The molecule has 0 bridgehead atoms. The molecule has 3 rings (SSSR count). The van der Waals surface area contributed by atoms with Gasteiger partial charge in [-0.1, -0.05) is 29.8 Å². The van der Waals surface area contributed by atoms with E-state index in [2.05, 4.69) is 10.3 Å². The number of aromatic nitrogens is 1. The number of alkyl halides is 1. The zero-order valence-corrected chi connectivity index (χ0v) is 17.9. The van der Waals surface area contributed by atoms with Crippen LogP contribution in [0.25, 0.3) is 0 Å². The summed E-state index contributed by atoms with van der Waals surface area (Å²) in [7, 11) is -2.31. The molecule has 6 nitrogen and oxygen atoms in total. The van der Waals surface area contributed by atoms with Crippen LogP contribution >= 0.6 is 11.6 Å². The number of allylic oxidation sites excluding steroid dienone is 3. The van der Waals surface area contributed by atoms with E-state index < -0.39 is 14.2 Å². The van der Waals surface area contributed by atoms with E-state index in [1.807, 2.05) is 25.1 Å². The van der Waals surface area contributed by atoms with E-state index in [0.717, 1.165) is 11.3 Å². The molecule has 0 saturated carbocycles. The number of rotatable bonds is 8. The molecule has 8 heteroatoms. The molecule has 0 amide bonds. The zero-order chi connectivity index (χ0) is 20.9. The van der Waals surface area contributed by atoms with E-state index >= 15 is 0 Å². The molecule has 1 aliphatic rings. The highest BCUT2D eigenvalue weighted by molar-refractivity contribution is 7.95. The van der Waals surface area contributed by atoms with Gasteiger partial charge in [-0.15, -0.1) is 0 Å². The summed E-state index contributed by atoms with van der Waals surface area (Å²) < 4.78 is 31.8. The lowest BCUT2D eigenvalue weighted by Crippen LogP contribution is -2.42. The monoisotopic (exact) mass is 433 g/mol. The topological polar surface area (TPSA) is 71.5 Å². The van der Waals surface area contributed by atoms with Gasteiger partial charge in [-0.05, 0) is 42.8 Å². The van der Waals surface area contributed by atoms with E-state index in [-0.39, 0.29) is 6.42 Å². The Balaban J connectivity index is 1.69. The summed E-state index contributed by atoms with van der Waals surface area (Å²) in [5.74, 6) is 0.598. The largest absolute Gasteiger partial charge is 0.492 e. The van der Waals surface area contributed by atoms with Crippen molar-refractivity contribution in [1.29, 1.82) is 0 Å². The fraction of sp³-hybridized carbons (Fsp3) is 0.286. The molecule has 1 aromatic heterocycles. The minimum atomic E-state index is -3.82. The molecule has 0 aliphatic heterocycles. The molecule has 1 aromatic carbocycles. The van der Waals surface area contributed by atoms with E-state index in [9.17, 15) is 8.42 Å². The smallest absolute Gasteiger partial charge is 0.258 e. The van der Waals surface area contributed by atoms with Crippen molar-refractivity contribution in [2.75, 3.05) is 29.8 Å². The Labute approximate surface area is 176 Å². The molecule has 1 aliphatic carbocycles. The predicted octanol–water partition coefficient (Wildman–Crippen LogP) is 4.10. The van der Waals surface area contributed by atoms with Crippen molar-refractivity contribution in [2.24, 2.45) is 0 Å². The second-order valence-corrected chi connectivity index (χ2v) is 9.89. The standard InChI is InChI=1S/C21H24ClN3O3S/c1-17-14-19(25(2)29(26,27)21(22)8-4-3-5-9-21)16-20(15-17)28-13-12-24-18-6-10-23-11-7-18/h3-8,10-11,14-16H,9,12-13H2,1-2H3,(H,23,24). The van der Waals surface area contributed by atoms with Crippen molar-refractivity contribution in [1.82, 2.24) is 4.98 Å². The molecule has 0 spiro atoms. The van der Waals surface area contributed by atoms with E-state index in [0.29, 0.717) is 24.6 Å². The lowest BCUT2D eigenvalue weighted by Gasteiger charge is -2.31. The number of benzene rings is 1. The van der Waals surface area contributed by atoms with Gasteiger partial charge in [0.05, 0.1) is 5.69 Å². The Morgan fingerprint density at radius 2 is 2.00 bits per heavy atom. The quantitative estimate of drug-likeness (QED) is 0.501. The van der Waals surface area contributed by atoms with Gasteiger partial charge in [0.15, 0.2) is 4.21 Å². The van der Waals surface area contributed by atoms with Crippen molar-refractivity contribution in [3.63, 3.8) is 0 Å². The third-order valence-corrected chi connectivity index (χ3v) is 7.51. The first-order chi connectivity index (χ1) is 13.8. The maximum atomic E-state index is 13.1. The number of pyridine rings is 1. The van der Waals surface area contributed by atoms with Crippen LogP contribution in [-0.4, -0.2) is 37.8 Å². The Morgan fingerprint density at radius 1 is 1.24 bits per heavy atom. The number of sulfonamides is 1. The van der Waals surface area contributed by atoms with Gasteiger partial charge >= 0.3 is 0 Å². The van der Waals surface area contributed by atoms with Crippen molar-refractivity contribution in [3.8, 4) is 5.75 Å². The summed E-state index contributed by atoms with van der Waals surface area (Å²) in [5, 5.41) is 3.24. The molecular weight excluding hydrogens is 410 g/mol. The molecule has 154 valence electrons. The molecule has 1 heterocycles. The molecule has 0 radical (unpaired) electrons. The number of halogens is 1. The van der Waals surface area contributed by atoms with Gasteiger partial charge in [-0.3, -0.25) is 9.29 Å². The maximum Gasteiger partial charge on any atom is 0.258 e. The number of aryl methyl sites for hydroxylation is 1. The van der Waals surface area contributed by atoms with Gasteiger partial charge in [-0.2, -0.15) is 0 Å². The van der Waals surface area contributed by atoms with Crippen LogP contribution in [0, 0.1) is 6.92 Å². The average molecular weight is 434 g/mol. The molecule has 1 unspecified atom stereocenters. The van der Waals surface area contributed by atoms with E-state index in [1.54, 1.807) is 42.8 Å². The Bertz CT molecular complexity index is 1010. The average Bonchev–Trinajstić information content (AvgIpc) is 2.71. The van der Waals surface area contributed by atoms with Gasteiger partial charge in [0.25, 0.3) is 10.0 Å². The van der Waals surface area contributed by atoms with Crippen LogP contribution in [0.5, 0.6) is 5.75 Å². The second kappa shape index (κ2) is 8.88. The lowest BCUT2D eigenvalue weighted by atomic mass is 10.2. The van der Waals surface area contributed by atoms with Crippen LogP contribution in [-0.2, 0) is 10.0 Å². The predicted molar refractivity (Wildman–Crippen MR) is 118 cm³/mol. The first-order valence-corrected chi connectivity index (χ1v) is 11.0. The molecule has 0 saturated heterocycles. The van der Waals surface area contributed by atoms with Crippen LogP contribution in [0.15, 0.2) is 67.0 Å². The van der Waals surface area contributed by atoms with Crippen LogP contribution in [0.1, 0.15) is 12.0 Å². The SMILES string of the molecule is Cc1cc(OCCNc2ccncc2)cc(N(C)S(=O)(=O)C2(Cl)C=CC=CC2)c1. The number of hydrogen-bond donors (Lipinski definition) is 1. The van der Waals surface area contributed by atoms with Gasteiger partial charge in [0.1, 0.15) is 12.4 Å². The number of nitrogens with one attached hydrogen (secondary N) is 1. The van der Waals surface area contributed by atoms with Gasteiger partial charge in [-0.25, -0.2) is 8.42 Å². The fourth-order valence-corrected chi connectivity index (χ4v) is 4.83. The highest BCUT2D eigenvalue weighted by atomic mass is 35.5. The lowest BCUT2D eigenvalue weighted by molar-refractivity contribution is 0.333. The Morgan fingerprint density at radius 3 is 2.69 bits per heavy atom. The second-order valence-electron chi connectivity index (χ2n) is 6.77. The Kier molecular flexibility index (Phi) is 6.49. The minimum absolute atomic E-state index is 0.216. The molecular formula is C21H24ClN3O3S. The summed E-state index contributed by atoms with van der Waals surface area (Å²) in [6, 6.07) is 9.13. The normalized spacial score (nSPS) is 18.4. The molecule has 1 atom stereocenters. The highest BCUT2D eigenvalue weighted by Gasteiger charge is 2.42. The van der Waals surface area contributed by atoms with Crippen LogP contribution in [0.4, 0.5) is 11.4 Å². The molecule has 29 heavy (non-hydrogen) atoms. The maximum absolute atomic E-state index is 13.1. The van der Waals surface area contributed by atoms with Gasteiger partial charge < -0.3 is 10.1 Å². The summed E-state index contributed by atoms with van der Waals surface area (Å²) in [4.78, 5) is 3.97. The summed E-state index contributed by atoms with van der Waals surface area (Å²) in [6.45, 7) is 2.92. The van der Waals surface area contributed by atoms with Crippen molar-refractivity contribution in [2.45, 2.75) is 17.6 Å². The van der Waals surface area contributed by atoms with Gasteiger partial charge in [0, 0.05) is 44.2 Å². The summed E-state index contributed by atoms with van der Waals surface area (Å²) >= 11 is 6.44. The highest BCUT2D eigenvalue weighted by Crippen LogP contribution is 2.36. The van der Waals surface area contributed by atoms with Crippen LogP contribution in [0.2, 0.25) is 0 Å². The van der Waals surface area contributed by atoms with Crippen molar-refractivity contribution in [3.05, 3.63) is 72.6 Å². The van der Waals surface area contributed by atoms with Crippen molar-refractivity contribution >= 4 is 33.0 Å². The van der Waals surface area contributed by atoms with Crippen LogP contribution < -0.4 is 14.4 Å². The molecule has 0 fully saturated rings. The number of hydrogen-bond acceptors (Lipinski definition) is 5. The zero-order valence-electron chi connectivity index (χ0n) is 16.4. The minimum Gasteiger partial charge on any atom is -0.492 e. The van der Waals surface area contributed by atoms with Gasteiger partial charge in [0.2, 0.25) is 0 Å². The third-order valence-electron chi connectivity index (χ3n) is 4.56. The van der Waals surface area contributed by atoms with E-state index in [1.165, 1.54) is 17.4 Å². The van der Waals surface area contributed by atoms with Crippen molar-refractivity contribution < 1.29 is 13.2 Å². The summed E-state index contributed by atoms with van der Waals surface area (Å²) in [5.41, 5.74) is 2.36. The first-order valence-electron chi connectivity index (χ1n) is 9.22. The molecule has 1 N–H and O–H groups in total. The number of ether oxygens (including phenoxy) is 1. The first kappa shape index (κ1) is 21.2. The number of nitrogens with zero attached hydrogens (tertiary/aromatic N) is 2. The third kappa shape index (κ3) is 4.92. The fourth-order valence-electron chi connectivity index (χ4n) is 2.96. The summed E-state index contributed by atoms with van der Waals surface area (Å²) in [6.07, 6.45) is 10.3.